The smallest absolute Gasteiger partial charge is 0.330 e. The Morgan fingerprint density at radius 1 is 1.56 bits per heavy atom. The molecule has 0 N–H and O–H groups in total. The number of carbonyl (C=O) groups is 1. The average molecular weight is 233 g/mol. The minimum atomic E-state index is -0.313. The molecule has 0 bridgehead atoms. The Kier molecular flexibility index (Phi) is 3.31. The van der Waals surface area contributed by atoms with E-state index in [1.165, 1.54) is 6.08 Å². The lowest BCUT2D eigenvalue weighted by Gasteiger charge is -1.95. The summed E-state index contributed by atoms with van der Waals surface area (Å²) < 4.78 is 5.92. The summed E-state index contributed by atoms with van der Waals surface area (Å²) in [7, 11) is 0. The van der Waals surface area contributed by atoms with Gasteiger partial charge in [-0.3, -0.25) is 0 Å². The van der Waals surface area contributed by atoms with E-state index >= 15 is 0 Å². The van der Waals surface area contributed by atoms with Crippen LogP contribution in [0.1, 0.15) is 12.5 Å². The maximum absolute atomic E-state index is 11.1. The number of rotatable bonds is 3. The Labute approximate surface area is 97.4 Å². The molecule has 2 rings (SSSR count). The van der Waals surface area contributed by atoms with Gasteiger partial charge < -0.3 is 4.74 Å². The molecule has 0 aliphatic rings. The van der Waals surface area contributed by atoms with Crippen LogP contribution in [0.4, 0.5) is 0 Å². The molecule has 0 saturated carbocycles. The monoisotopic (exact) mass is 233 g/mol. The van der Waals surface area contributed by atoms with Gasteiger partial charge >= 0.3 is 5.97 Å². The largest absolute Gasteiger partial charge is 0.463 e. The summed E-state index contributed by atoms with van der Waals surface area (Å²) in [5.74, 6) is -0.313. The number of ether oxygens (including phenoxy) is 1. The fourth-order valence-electron chi connectivity index (χ4n) is 1.33. The van der Waals surface area contributed by atoms with E-state index in [1.807, 2.05) is 23.7 Å². The second-order valence-corrected chi connectivity index (χ2v) is 4.05. The zero-order valence-electron chi connectivity index (χ0n) is 8.84. The Morgan fingerprint density at radius 2 is 2.44 bits per heavy atom. The molecule has 1 aromatic heterocycles. The van der Waals surface area contributed by atoms with Gasteiger partial charge in [0, 0.05) is 6.08 Å². The van der Waals surface area contributed by atoms with Crippen molar-refractivity contribution in [2.24, 2.45) is 0 Å². The highest BCUT2D eigenvalue weighted by Gasteiger charge is 1.97. The van der Waals surface area contributed by atoms with Gasteiger partial charge in [-0.2, -0.15) is 0 Å². The van der Waals surface area contributed by atoms with Gasteiger partial charge in [0.15, 0.2) is 0 Å². The molecule has 0 amide bonds. The molecular formula is C12H11NO2S. The summed E-state index contributed by atoms with van der Waals surface area (Å²) in [4.78, 5) is 15.3. The zero-order chi connectivity index (χ0) is 11.4. The second kappa shape index (κ2) is 4.90. The Morgan fingerprint density at radius 3 is 3.25 bits per heavy atom. The fourth-order valence-corrected chi connectivity index (χ4v) is 2.06. The number of hydrogen-bond donors (Lipinski definition) is 0. The Bertz CT molecular complexity index is 531. The van der Waals surface area contributed by atoms with Crippen molar-refractivity contribution in [1.29, 1.82) is 0 Å². The number of fused-ring (bicyclic) bond motifs is 1. The number of hydrogen-bond acceptors (Lipinski definition) is 4. The van der Waals surface area contributed by atoms with E-state index in [-0.39, 0.29) is 5.97 Å². The molecule has 0 saturated heterocycles. The molecule has 0 spiro atoms. The molecule has 1 aromatic carbocycles. The number of thiazole rings is 1. The lowest BCUT2D eigenvalue weighted by atomic mass is 10.2. The van der Waals surface area contributed by atoms with Crippen LogP contribution in [0.2, 0.25) is 0 Å². The zero-order valence-corrected chi connectivity index (χ0v) is 9.66. The molecule has 82 valence electrons. The van der Waals surface area contributed by atoms with Gasteiger partial charge in [0.2, 0.25) is 0 Å². The van der Waals surface area contributed by atoms with Crippen molar-refractivity contribution in [3.05, 3.63) is 35.3 Å². The van der Waals surface area contributed by atoms with Gasteiger partial charge in [-0.15, -0.1) is 11.3 Å². The predicted octanol–water partition coefficient (Wildman–Crippen LogP) is 2.87. The van der Waals surface area contributed by atoms with Crippen LogP contribution in [0, 0.1) is 0 Å². The van der Waals surface area contributed by atoms with E-state index in [0.717, 1.165) is 15.8 Å². The summed E-state index contributed by atoms with van der Waals surface area (Å²) in [5, 5.41) is 0. The van der Waals surface area contributed by atoms with Gasteiger partial charge in [-0.05, 0) is 30.7 Å². The van der Waals surface area contributed by atoms with Crippen molar-refractivity contribution >= 4 is 33.6 Å². The van der Waals surface area contributed by atoms with Gasteiger partial charge in [0.25, 0.3) is 0 Å². The molecule has 0 radical (unpaired) electrons. The number of nitrogens with zero attached hydrogens (tertiary/aromatic N) is 1. The molecule has 0 aliphatic carbocycles. The third kappa shape index (κ3) is 2.46. The second-order valence-electron chi connectivity index (χ2n) is 3.16. The summed E-state index contributed by atoms with van der Waals surface area (Å²) in [6.07, 6.45) is 3.18. The number of carbonyl (C=O) groups excluding carboxylic acids is 1. The molecule has 0 unspecified atom stereocenters. The molecule has 3 nitrogen and oxygen atoms in total. The van der Waals surface area contributed by atoms with Crippen LogP contribution in [0.25, 0.3) is 16.3 Å². The van der Waals surface area contributed by atoms with Crippen LogP contribution in [-0.4, -0.2) is 17.6 Å². The Hall–Kier alpha value is -1.68. The van der Waals surface area contributed by atoms with Gasteiger partial charge in [-0.25, -0.2) is 9.78 Å². The van der Waals surface area contributed by atoms with E-state index in [1.54, 1.807) is 24.3 Å². The Balaban J connectivity index is 2.17. The van der Waals surface area contributed by atoms with E-state index in [4.69, 9.17) is 4.74 Å². The van der Waals surface area contributed by atoms with E-state index < -0.39 is 0 Å². The molecule has 0 aliphatic heterocycles. The lowest BCUT2D eigenvalue weighted by Crippen LogP contribution is -1.98. The van der Waals surface area contributed by atoms with E-state index in [2.05, 4.69) is 4.98 Å². The summed E-state index contributed by atoms with van der Waals surface area (Å²) in [6.45, 7) is 2.19. The fraction of sp³-hybridized carbons (Fsp3) is 0.167. The van der Waals surface area contributed by atoms with Crippen LogP contribution in [0.5, 0.6) is 0 Å². The van der Waals surface area contributed by atoms with Gasteiger partial charge in [0.1, 0.15) is 0 Å². The van der Waals surface area contributed by atoms with Gasteiger partial charge in [0.05, 0.1) is 22.3 Å². The molecule has 4 heteroatoms. The first-order valence-corrected chi connectivity index (χ1v) is 5.85. The van der Waals surface area contributed by atoms with E-state index in [9.17, 15) is 4.79 Å². The minimum Gasteiger partial charge on any atom is -0.463 e. The minimum absolute atomic E-state index is 0.313. The highest BCUT2D eigenvalue weighted by atomic mass is 32.1. The molecule has 16 heavy (non-hydrogen) atoms. The van der Waals surface area contributed by atoms with Crippen molar-refractivity contribution in [2.45, 2.75) is 6.92 Å². The third-order valence-electron chi connectivity index (χ3n) is 2.05. The number of aromatic nitrogens is 1. The van der Waals surface area contributed by atoms with Crippen LogP contribution >= 0.6 is 11.3 Å². The molecule has 0 fully saturated rings. The molecule has 0 atom stereocenters. The van der Waals surface area contributed by atoms with Crippen LogP contribution in [0.15, 0.2) is 29.8 Å². The lowest BCUT2D eigenvalue weighted by molar-refractivity contribution is -0.137. The van der Waals surface area contributed by atoms with E-state index in [0.29, 0.717) is 6.61 Å². The van der Waals surface area contributed by atoms with Crippen molar-refractivity contribution in [3.63, 3.8) is 0 Å². The maximum Gasteiger partial charge on any atom is 0.330 e. The maximum atomic E-state index is 11.1. The highest BCUT2D eigenvalue weighted by Crippen LogP contribution is 2.19. The van der Waals surface area contributed by atoms with Crippen molar-refractivity contribution in [3.8, 4) is 0 Å². The average Bonchev–Trinajstić information content (AvgIpc) is 2.74. The van der Waals surface area contributed by atoms with Crippen LogP contribution < -0.4 is 0 Å². The van der Waals surface area contributed by atoms with Crippen LogP contribution in [-0.2, 0) is 9.53 Å². The highest BCUT2D eigenvalue weighted by molar-refractivity contribution is 7.16. The van der Waals surface area contributed by atoms with Crippen molar-refractivity contribution < 1.29 is 9.53 Å². The molecule has 2 aromatic rings. The normalized spacial score (nSPS) is 11.1. The topological polar surface area (TPSA) is 39.2 Å². The summed E-state index contributed by atoms with van der Waals surface area (Å²) in [5.41, 5.74) is 3.77. The molecule has 1 heterocycles. The third-order valence-corrected chi connectivity index (χ3v) is 2.85. The van der Waals surface area contributed by atoms with Crippen LogP contribution in [0.3, 0.4) is 0 Å². The van der Waals surface area contributed by atoms with Gasteiger partial charge in [-0.1, -0.05) is 6.07 Å². The SMILES string of the molecule is CCOC(=O)/C=C/c1ccc2ncsc2c1. The first-order chi connectivity index (χ1) is 7.79. The summed E-state index contributed by atoms with van der Waals surface area (Å²) in [6, 6.07) is 5.87. The number of esters is 1. The molecular weight excluding hydrogens is 222 g/mol. The van der Waals surface area contributed by atoms with Crippen molar-refractivity contribution in [1.82, 2.24) is 4.98 Å². The van der Waals surface area contributed by atoms with Crippen molar-refractivity contribution in [2.75, 3.05) is 6.61 Å². The predicted molar refractivity (Wildman–Crippen MR) is 65.3 cm³/mol. The summed E-state index contributed by atoms with van der Waals surface area (Å²) >= 11 is 1.58. The first-order valence-electron chi connectivity index (χ1n) is 4.97. The number of benzene rings is 1. The standard InChI is InChI=1S/C12H11NO2S/c1-2-15-12(14)6-4-9-3-5-10-11(7-9)16-8-13-10/h3-8H,2H2,1H3/b6-4+. The first kappa shape index (κ1) is 10.8. The quantitative estimate of drug-likeness (QED) is 0.604.